The summed E-state index contributed by atoms with van der Waals surface area (Å²) in [5.41, 5.74) is 0.591. The van der Waals surface area contributed by atoms with Gasteiger partial charge < -0.3 is 4.74 Å². The van der Waals surface area contributed by atoms with Crippen LogP contribution in [0.5, 0.6) is 0 Å². The Hall–Kier alpha value is -2.16. The summed E-state index contributed by atoms with van der Waals surface area (Å²) in [5.74, 6) is -0.413. The van der Waals surface area contributed by atoms with Crippen LogP contribution in [-0.4, -0.2) is 18.4 Å². The lowest BCUT2D eigenvalue weighted by atomic mass is 10.0. The van der Waals surface area contributed by atoms with E-state index in [1.54, 1.807) is 6.07 Å². The SMILES string of the molecule is CCCCCCCCCCCCCCCCCC(=O)OCC(=O)c1ccc2ccccc2c1. The van der Waals surface area contributed by atoms with Gasteiger partial charge in [-0.15, -0.1) is 0 Å². The number of carbonyl (C=O) groups excluding carboxylic acids is 2. The highest BCUT2D eigenvalue weighted by molar-refractivity contribution is 6.01. The van der Waals surface area contributed by atoms with Crippen LogP contribution in [0.25, 0.3) is 10.8 Å². The number of rotatable bonds is 19. The van der Waals surface area contributed by atoms with Crippen LogP contribution in [0, 0.1) is 0 Å². The van der Waals surface area contributed by atoms with Crippen LogP contribution in [0.15, 0.2) is 42.5 Å². The topological polar surface area (TPSA) is 43.4 Å². The minimum absolute atomic E-state index is 0.148. The van der Waals surface area contributed by atoms with Crippen molar-refractivity contribution in [2.45, 2.75) is 110 Å². The lowest BCUT2D eigenvalue weighted by molar-refractivity contribution is -0.142. The van der Waals surface area contributed by atoms with E-state index in [4.69, 9.17) is 4.74 Å². The molecule has 0 spiro atoms. The monoisotopic (exact) mass is 452 g/mol. The maximum absolute atomic E-state index is 12.3. The maximum Gasteiger partial charge on any atom is 0.306 e. The molecule has 0 aromatic heterocycles. The summed E-state index contributed by atoms with van der Waals surface area (Å²) in [6.07, 6.45) is 19.9. The molecule has 182 valence electrons. The fourth-order valence-corrected chi connectivity index (χ4v) is 4.30. The van der Waals surface area contributed by atoms with Crippen LogP contribution >= 0.6 is 0 Å². The number of benzene rings is 2. The van der Waals surface area contributed by atoms with Gasteiger partial charge in [0.25, 0.3) is 0 Å². The van der Waals surface area contributed by atoms with Crippen molar-refractivity contribution in [1.29, 1.82) is 0 Å². The van der Waals surface area contributed by atoms with Gasteiger partial charge in [-0.25, -0.2) is 0 Å². The molecule has 0 amide bonds. The first-order chi connectivity index (χ1) is 16.2. The summed E-state index contributed by atoms with van der Waals surface area (Å²) in [5, 5.41) is 2.12. The van der Waals surface area contributed by atoms with E-state index in [2.05, 4.69) is 6.92 Å². The number of hydrogen-bond donors (Lipinski definition) is 0. The van der Waals surface area contributed by atoms with Crippen molar-refractivity contribution in [2.24, 2.45) is 0 Å². The number of unbranched alkanes of at least 4 members (excludes halogenated alkanes) is 14. The Morgan fingerprint density at radius 1 is 0.636 bits per heavy atom. The molecule has 0 saturated carbocycles. The van der Waals surface area contributed by atoms with Crippen molar-refractivity contribution >= 4 is 22.5 Å². The molecule has 0 bridgehead atoms. The maximum atomic E-state index is 12.3. The number of carbonyl (C=O) groups is 2. The van der Waals surface area contributed by atoms with Gasteiger partial charge in [0.1, 0.15) is 0 Å². The number of hydrogen-bond acceptors (Lipinski definition) is 3. The van der Waals surface area contributed by atoms with Gasteiger partial charge in [0.2, 0.25) is 0 Å². The van der Waals surface area contributed by atoms with Crippen molar-refractivity contribution in [3.8, 4) is 0 Å². The van der Waals surface area contributed by atoms with Gasteiger partial charge in [-0.05, 0) is 23.3 Å². The molecule has 0 atom stereocenters. The van der Waals surface area contributed by atoms with Crippen molar-refractivity contribution in [2.75, 3.05) is 6.61 Å². The molecule has 0 aliphatic carbocycles. The largest absolute Gasteiger partial charge is 0.457 e. The van der Waals surface area contributed by atoms with E-state index in [1.165, 1.54) is 83.5 Å². The lowest BCUT2D eigenvalue weighted by Gasteiger charge is -2.06. The molecule has 3 heteroatoms. The van der Waals surface area contributed by atoms with Crippen LogP contribution in [0.2, 0.25) is 0 Å². The van der Waals surface area contributed by atoms with Gasteiger partial charge in [0.05, 0.1) is 0 Å². The first kappa shape index (κ1) is 27.1. The molecular weight excluding hydrogens is 408 g/mol. The zero-order chi connectivity index (χ0) is 23.6. The van der Waals surface area contributed by atoms with E-state index >= 15 is 0 Å². The van der Waals surface area contributed by atoms with Gasteiger partial charge in [-0.2, -0.15) is 0 Å². The van der Waals surface area contributed by atoms with Gasteiger partial charge in [0, 0.05) is 12.0 Å². The first-order valence-corrected chi connectivity index (χ1v) is 13.4. The third-order valence-corrected chi connectivity index (χ3v) is 6.42. The second-order valence-electron chi connectivity index (χ2n) is 9.35. The summed E-state index contributed by atoms with van der Waals surface area (Å²) in [6.45, 7) is 2.10. The van der Waals surface area contributed by atoms with E-state index in [0.717, 1.165) is 23.6 Å². The van der Waals surface area contributed by atoms with E-state index in [0.29, 0.717) is 12.0 Å². The van der Waals surface area contributed by atoms with Crippen molar-refractivity contribution < 1.29 is 14.3 Å². The second-order valence-corrected chi connectivity index (χ2v) is 9.35. The summed E-state index contributed by atoms with van der Waals surface area (Å²) < 4.78 is 5.20. The lowest BCUT2D eigenvalue weighted by Crippen LogP contribution is -2.14. The molecule has 0 aliphatic rings. The average molecular weight is 453 g/mol. The second kappa shape index (κ2) is 17.3. The van der Waals surface area contributed by atoms with Crippen LogP contribution in [0.4, 0.5) is 0 Å². The molecule has 2 rings (SSSR count). The smallest absolute Gasteiger partial charge is 0.306 e. The van der Waals surface area contributed by atoms with Crippen molar-refractivity contribution in [1.82, 2.24) is 0 Å². The Balaban J connectivity index is 1.41. The molecule has 33 heavy (non-hydrogen) atoms. The Kier molecular flexibility index (Phi) is 14.2. The van der Waals surface area contributed by atoms with E-state index in [-0.39, 0.29) is 18.4 Å². The minimum atomic E-state index is -0.265. The van der Waals surface area contributed by atoms with Crippen LogP contribution in [-0.2, 0) is 9.53 Å². The molecule has 0 fully saturated rings. The van der Waals surface area contributed by atoms with Crippen LogP contribution in [0.3, 0.4) is 0 Å². The van der Waals surface area contributed by atoms with E-state index in [1.807, 2.05) is 36.4 Å². The average Bonchev–Trinajstić information content (AvgIpc) is 2.84. The van der Waals surface area contributed by atoms with E-state index in [9.17, 15) is 9.59 Å². The molecule has 0 N–H and O–H groups in total. The molecule has 2 aromatic rings. The molecule has 0 heterocycles. The van der Waals surface area contributed by atoms with Crippen molar-refractivity contribution in [3.63, 3.8) is 0 Å². The Labute approximate surface area is 201 Å². The van der Waals surface area contributed by atoms with Gasteiger partial charge in [-0.1, -0.05) is 133 Å². The highest BCUT2D eigenvalue weighted by Gasteiger charge is 2.10. The number of fused-ring (bicyclic) bond motifs is 1. The molecule has 0 aliphatic heterocycles. The molecule has 0 unspecified atom stereocenters. The molecule has 0 saturated heterocycles. The third kappa shape index (κ3) is 12.0. The summed E-state index contributed by atoms with van der Waals surface area (Å²) in [4.78, 5) is 24.3. The van der Waals surface area contributed by atoms with E-state index < -0.39 is 0 Å². The standard InChI is InChI=1S/C30H44O3/c1-2-3-4-5-6-7-8-9-10-11-12-13-14-15-16-21-30(32)33-25-29(31)28-23-22-26-19-17-18-20-27(26)24-28/h17-20,22-24H,2-16,21,25H2,1H3. The fourth-order valence-electron chi connectivity index (χ4n) is 4.30. The highest BCUT2D eigenvalue weighted by Crippen LogP contribution is 2.17. The zero-order valence-corrected chi connectivity index (χ0v) is 20.8. The quantitative estimate of drug-likeness (QED) is 0.121. The Morgan fingerprint density at radius 3 is 1.73 bits per heavy atom. The number of ketones is 1. The fraction of sp³-hybridized carbons (Fsp3) is 0.600. The summed E-state index contributed by atoms with van der Waals surface area (Å²) >= 11 is 0. The Morgan fingerprint density at radius 2 is 1.15 bits per heavy atom. The number of esters is 1. The molecule has 3 nitrogen and oxygen atoms in total. The highest BCUT2D eigenvalue weighted by atomic mass is 16.5. The minimum Gasteiger partial charge on any atom is -0.457 e. The van der Waals surface area contributed by atoms with Gasteiger partial charge in [-0.3, -0.25) is 9.59 Å². The normalized spacial score (nSPS) is 11.1. The van der Waals surface area contributed by atoms with Crippen molar-refractivity contribution in [3.05, 3.63) is 48.0 Å². The Bertz CT molecular complexity index is 811. The predicted molar refractivity (Wildman–Crippen MR) is 139 cm³/mol. The van der Waals surface area contributed by atoms with Gasteiger partial charge >= 0.3 is 5.97 Å². The summed E-state index contributed by atoms with van der Waals surface area (Å²) in [7, 11) is 0. The molecule has 0 radical (unpaired) electrons. The summed E-state index contributed by atoms with van der Waals surface area (Å²) in [6, 6.07) is 13.5. The molecule has 2 aromatic carbocycles. The predicted octanol–water partition coefficient (Wildman–Crippen LogP) is 8.83. The number of ether oxygens (including phenoxy) is 1. The molecular formula is C30H44O3. The number of Topliss-reactive ketones (excluding diaryl/α,β-unsaturated/α-hetero) is 1. The van der Waals surface area contributed by atoms with Crippen LogP contribution < -0.4 is 0 Å². The third-order valence-electron chi connectivity index (χ3n) is 6.42. The first-order valence-electron chi connectivity index (χ1n) is 13.4. The zero-order valence-electron chi connectivity index (χ0n) is 20.8. The van der Waals surface area contributed by atoms with Gasteiger partial charge in [0.15, 0.2) is 12.4 Å². The van der Waals surface area contributed by atoms with Crippen LogP contribution in [0.1, 0.15) is 120 Å².